The molecule has 4 rings (SSSR count). The number of carbonyl (C=O) groups excluding carboxylic acids is 1. The molecule has 2 aliphatic rings. The summed E-state index contributed by atoms with van der Waals surface area (Å²) in [6.45, 7) is 9.49. The molecule has 1 atom stereocenters. The van der Waals surface area contributed by atoms with Crippen molar-refractivity contribution >= 4 is 15.9 Å². The van der Waals surface area contributed by atoms with Gasteiger partial charge in [0.2, 0.25) is 10.0 Å². The largest absolute Gasteiger partial charge is 0.365 e. The number of nitrogens with zero attached hydrogens (tertiary/aromatic N) is 4. The zero-order chi connectivity index (χ0) is 23.1. The van der Waals surface area contributed by atoms with Gasteiger partial charge in [0.25, 0.3) is 5.91 Å². The Morgan fingerprint density at radius 1 is 1.19 bits per heavy atom. The Hall–Kier alpha value is -2.30. The lowest BCUT2D eigenvalue weighted by Gasteiger charge is -2.34. The molecule has 0 bridgehead atoms. The van der Waals surface area contributed by atoms with Gasteiger partial charge in [-0.25, -0.2) is 17.8 Å². The van der Waals surface area contributed by atoms with Gasteiger partial charge >= 0.3 is 0 Å². The van der Waals surface area contributed by atoms with Crippen LogP contribution in [0, 0.1) is 0 Å². The van der Waals surface area contributed by atoms with Gasteiger partial charge in [-0.3, -0.25) is 4.79 Å². The molecule has 1 unspecified atom stereocenters. The summed E-state index contributed by atoms with van der Waals surface area (Å²) >= 11 is 0. The molecule has 1 aromatic carbocycles. The van der Waals surface area contributed by atoms with Crippen molar-refractivity contribution in [3.05, 3.63) is 46.8 Å². The summed E-state index contributed by atoms with van der Waals surface area (Å²) in [7, 11) is -3.39. The molecule has 2 aliphatic heterocycles. The van der Waals surface area contributed by atoms with Crippen LogP contribution in [-0.4, -0.2) is 58.2 Å². The maximum Gasteiger partial charge on any atom is 0.253 e. The van der Waals surface area contributed by atoms with Crippen molar-refractivity contribution in [2.24, 2.45) is 0 Å². The number of rotatable bonds is 6. The van der Waals surface area contributed by atoms with Crippen LogP contribution in [0.25, 0.3) is 0 Å². The van der Waals surface area contributed by atoms with Crippen molar-refractivity contribution in [3.8, 4) is 0 Å². The topological polar surface area (TPSA) is 106 Å². The Bertz CT molecular complexity index is 1090. The van der Waals surface area contributed by atoms with Crippen LogP contribution >= 0.6 is 0 Å². The predicted molar refractivity (Wildman–Crippen MR) is 119 cm³/mol. The Morgan fingerprint density at radius 3 is 2.56 bits per heavy atom. The Kier molecular flexibility index (Phi) is 6.12. The molecule has 174 valence electrons. The summed E-state index contributed by atoms with van der Waals surface area (Å²) < 4.78 is 34.6. The smallest absolute Gasteiger partial charge is 0.253 e. The van der Waals surface area contributed by atoms with E-state index in [1.807, 2.05) is 29.2 Å². The molecule has 0 saturated carbocycles. The highest BCUT2D eigenvalue weighted by Crippen LogP contribution is 2.33. The van der Waals surface area contributed by atoms with Crippen LogP contribution in [0.1, 0.15) is 67.3 Å². The second kappa shape index (κ2) is 8.57. The SMILES string of the molecule is CC(C)c1ccc(C(=O)N2CCC3(C2)Cn2nnc(CNS(=O)(=O)C(C)C)c2CO3)cc1. The number of amides is 1. The fourth-order valence-corrected chi connectivity index (χ4v) is 4.80. The number of fused-ring (bicyclic) bond motifs is 1. The zero-order valence-corrected chi connectivity index (χ0v) is 19.9. The van der Waals surface area contributed by atoms with Gasteiger partial charge < -0.3 is 9.64 Å². The number of ether oxygens (including phenoxy) is 1. The van der Waals surface area contributed by atoms with Crippen molar-refractivity contribution in [2.45, 2.75) is 70.6 Å². The van der Waals surface area contributed by atoms with Gasteiger partial charge in [0.15, 0.2) is 0 Å². The van der Waals surface area contributed by atoms with Crippen LogP contribution in [-0.2, 0) is 34.5 Å². The number of hydrogen-bond acceptors (Lipinski definition) is 6. The molecule has 2 aromatic rings. The molecule has 3 heterocycles. The summed E-state index contributed by atoms with van der Waals surface area (Å²) in [6, 6.07) is 7.81. The molecule has 1 fully saturated rings. The molecule has 1 spiro atoms. The molecule has 1 N–H and O–H groups in total. The van der Waals surface area contributed by atoms with Gasteiger partial charge in [0, 0.05) is 12.1 Å². The summed E-state index contributed by atoms with van der Waals surface area (Å²) in [6.07, 6.45) is 0.720. The molecule has 0 aliphatic carbocycles. The second-order valence-corrected chi connectivity index (χ2v) is 11.6. The van der Waals surface area contributed by atoms with E-state index in [4.69, 9.17) is 4.74 Å². The fourth-order valence-electron chi connectivity index (χ4n) is 4.12. The lowest BCUT2D eigenvalue weighted by molar-refractivity contribution is -0.0828. The van der Waals surface area contributed by atoms with E-state index in [1.54, 1.807) is 18.5 Å². The third-order valence-corrected chi connectivity index (χ3v) is 8.15. The van der Waals surface area contributed by atoms with E-state index in [2.05, 4.69) is 28.9 Å². The average molecular weight is 462 g/mol. The standard InChI is InChI=1S/C22H31N5O4S/c1-15(2)17-5-7-18(8-6-17)21(28)26-10-9-22(13-26)14-27-20(12-31-22)19(24-25-27)11-23-32(29,30)16(3)4/h5-8,15-16,23H,9-14H2,1-4H3. The highest BCUT2D eigenvalue weighted by molar-refractivity contribution is 7.90. The van der Waals surface area contributed by atoms with Crippen LogP contribution in [0.15, 0.2) is 24.3 Å². The van der Waals surface area contributed by atoms with Crippen LogP contribution in [0.2, 0.25) is 0 Å². The van der Waals surface area contributed by atoms with Gasteiger partial charge in [-0.2, -0.15) is 0 Å². The lowest BCUT2D eigenvalue weighted by Crippen LogP contribution is -2.45. The highest BCUT2D eigenvalue weighted by atomic mass is 32.2. The molecular formula is C22H31N5O4S. The fraction of sp³-hybridized carbons (Fsp3) is 0.591. The van der Waals surface area contributed by atoms with Gasteiger partial charge in [-0.1, -0.05) is 31.2 Å². The van der Waals surface area contributed by atoms with Crippen molar-refractivity contribution < 1.29 is 17.9 Å². The van der Waals surface area contributed by atoms with Gasteiger partial charge in [-0.15, -0.1) is 5.10 Å². The van der Waals surface area contributed by atoms with E-state index in [0.717, 1.165) is 12.1 Å². The normalized spacial score (nSPS) is 21.0. The Morgan fingerprint density at radius 2 is 1.91 bits per heavy atom. The van der Waals surface area contributed by atoms with E-state index in [-0.39, 0.29) is 19.1 Å². The summed E-state index contributed by atoms with van der Waals surface area (Å²) in [5.41, 5.74) is 2.74. The third-order valence-electron chi connectivity index (χ3n) is 6.36. The first-order chi connectivity index (χ1) is 15.1. The third kappa shape index (κ3) is 4.44. The molecule has 1 amide bonds. The van der Waals surface area contributed by atoms with Crippen LogP contribution < -0.4 is 4.72 Å². The first-order valence-electron chi connectivity index (χ1n) is 11.0. The van der Waals surface area contributed by atoms with Gasteiger partial charge in [0.1, 0.15) is 11.3 Å². The number of nitrogens with one attached hydrogen (secondary N) is 1. The van der Waals surface area contributed by atoms with E-state index in [1.165, 1.54) is 5.56 Å². The van der Waals surface area contributed by atoms with Crippen LogP contribution in [0.3, 0.4) is 0 Å². The molecule has 1 saturated heterocycles. The first-order valence-corrected chi connectivity index (χ1v) is 12.6. The summed E-state index contributed by atoms with van der Waals surface area (Å²) in [4.78, 5) is 14.8. The summed E-state index contributed by atoms with van der Waals surface area (Å²) in [5, 5.41) is 7.87. The quantitative estimate of drug-likeness (QED) is 0.706. The number of aromatic nitrogens is 3. The number of likely N-dealkylation sites (tertiary alicyclic amines) is 1. The molecule has 0 radical (unpaired) electrons. The van der Waals surface area contributed by atoms with Crippen molar-refractivity contribution in [1.29, 1.82) is 0 Å². The van der Waals surface area contributed by atoms with Crippen LogP contribution in [0.5, 0.6) is 0 Å². The molecule has 10 heteroatoms. The predicted octanol–water partition coefficient (Wildman–Crippen LogP) is 2.04. The number of sulfonamides is 1. The van der Waals surface area contributed by atoms with Crippen molar-refractivity contribution in [1.82, 2.24) is 24.6 Å². The van der Waals surface area contributed by atoms with Gasteiger partial charge in [-0.05, 0) is 43.9 Å². The maximum absolute atomic E-state index is 13.0. The summed E-state index contributed by atoms with van der Waals surface area (Å²) in [5.74, 6) is 0.432. The van der Waals surface area contributed by atoms with Crippen molar-refractivity contribution in [2.75, 3.05) is 13.1 Å². The maximum atomic E-state index is 13.0. The average Bonchev–Trinajstić information content (AvgIpc) is 3.36. The molecule has 32 heavy (non-hydrogen) atoms. The number of hydrogen-bond donors (Lipinski definition) is 1. The van der Waals surface area contributed by atoms with Crippen molar-refractivity contribution in [3.63, 3.8) is 0 Å². The molecule has 9 nitrogen and oxygen atoms in total. The van der Waals surface area contributed by atoms with E-state index >= 15 is 0 Å². The first kappa shape index (κ1) is 22.9. The molecular weight excluding hydrogens is 430 g/mol. The lowest BCUT2D eigenvalue weighted by atomic mass is 10.0. The van der Waals surface area contributed by atoms with E-state index in [9.17, 15) is 13.2 Å². The minimum Gasteiger partial charge on any atom is -0.365 e. The highest BCUT2D eigenvalue weighted by Gasteiger charge is 2.45. The van der Waals surface area contributed by atoms with E-state index in [0.29, 0.717) is 36.8 Å². The molecule has 1 aromatic heterocycles. The minimum atomic E-state index is -3.39. The second-order valence-electron chi connectivity index (χ2n) is 9.28. The van der Waals surface area contributed by atoms with Crippen LogP contribution in [0.4, 0.5) is 0 Å². The zero-order valence-electron chi connectivity index (χ0n) is 19.0. The van der Waals surface area contributed by atoms with Gasteiger partial charge in [0.05, 0.1) is 37.2 Å². The Labute approximate surface area is 189 Å². The monoisotopic (exact) mass is 461 g/mol. The Balaban J connectivity index is 1.41. The number of benzene rings is 1. The number of carbonyl (C=O) groups is 1. The van der Waals surface area contributed by atoms with E-state index < -0.39 is 20.9 Å². The minimum absolute atomic E-state index is 0.00829.